The molecule has 0 bridgehead atoms. The van der Waals surface area contributed by atoms with Gasteiger partial charge in [0.05, 0.1) is 22.0 Å². The van der Waals surface area contributed by atoms with Crippen molar-refractivity contribution in [2.75, 3.05) is 6.61 Å². The summed E-state index contributed by atoms with van der Waals surface area (Å²) in [6.07, 6.45) is -2.43. The molecule has 7 nitrogen and oxygen atoms in total. The number of nitrogens with zero attached hydrogens (tertiary/aromatic N) is 3. The largest absolute Gasteiger partial charge is 0.394 e. The molecule has 1 aliphatic rings. The van der Waals surface area contributed by atoms with E-state index < -0.39 is 53.8 Å². The third kappa shape index (κ3) is 4.46. The van der Waals surface area contributed by atoms with Gasteiger partial charge in [-0.15, -0.1) is 16.4 Å². The molecule has 1 aromatic carbocycles. The first kappa shape index (κ1) is 22.5. The molecule has 1 fully saturated rings. The molecular weight excluding hydrogens is 479 g/mol. The van der Waals surface area contributed by atoms with Crippen molar-refractivity contribution in [3.63, 3.8) is 0 Å². The molecule has 1 aliphatic heterocycles. The summed E-state index contributed by atoms with van der Waals surface area (Å²) < 4.78 is 47.9. The van der Waals surface area contributed by atoms with Gasteiger partial charge < -0.3 is 20.1 Å². The molecule has 0 radical (unpaired) electrons. The number of rotatable bonds is 5. The number of hydrogen-bond donors (Lipinski definition) is 3. The Hall–Kier alpha value is -1.67. The maximum Gasteiger partial charge on any atom is 0.194 e. The lowest BCUT2D eigenvalue weighted by molar-refractivity contribution is -0.178. The lowest BCUT2D eigenvalue weighted by Crippen LogP contribution is -2.55. The minimum atomic E-state index is -1.61. The van der Waals surface area contributed by atoms with Crippen LogP contribution in [0, 0.1) is 17.5 Å². The van der Waals surface area contributed by atoms with E-state index in [-0.39, 0.29) is 11.3 Å². The third-order valence-corrected chi connectivity index (χ3v) is 7.34. The van der Waals surface area contributed by atoms with Crippen molar-refractivity contribution in [3.8, 4) is 11.3 Å². The summed E-state index contributed by atoms with van der Waals surface area (Å²) in [4.78, 5) is 0. The summed E-state index contributed by atoms with van der Waals surface area (Å²) in [7, 11) is 0. The molecule has 3 aromatic rings. The summed E-state index contributed by atoms with van der Waals surface area (Å²) in [5.74, 6) is -4.38. The van der Waals surface area contributed by atoms with Gasteiger partial charge in [-0.2, -0.15) is 0 Å². The van der Waals surface area contributed by atoms with Gasteiger partial charge in [0.2, 0.25) is 0 Å². The van der Waals surface area contributed by atoms with Gasteiger partial charge >= 0.3 is 0 Å². The van der Waals surface area contributed by atoms with Crippen molar-refractivity contribution in [2.24, 2.45) is 0 Å². The van der Waals surface area contributed by atoms with Crippen LogP contribution in [0.4, 0.5) is 13.2 Å². The van der Waals surface area contributed by atoms with Gasteiger partial charge in [0.25, 0.3) is 0 Å². The second kappa shape index (κ2) is 9.06. The van der Waals surface area contributed by atoms with Crippen LogP contribution in [-0.4, -0.2) is 60.7 Å². The average Bonchev–Trinajstić information content (AvgIpc) is 3.37. The lowest BCUT2D eigenvalue weighted by Gasteiger charge is -2.41. The summed E-state index contributed by atoms with van der Waals surface area (Å²) in [5.41, 5.74) is -0.955. The number of aromatic nitrogens is 3. The van der Waals surface area contributed by atoms with Crippen molar-refractivity contribution in [3.05, 3.63) is 52.3 Å². The maximum atomic E-state index is 13.6. The first-order valence-corrected chi connectivity index (χ1v) is 11.0. The number of thioether (sulfide) groups is 1. The first-order chi connectivity index (χ1) is 14.8. The van der Waals surface area contributed by atoms with E-state index in [4.69, 9.17) is 16.3 Å². The van der Waals surface area contributed by atoms with E-state index in [0.717, 1.165) is 32.8 Å². The number of halogens is 4. The standard InChI is InChI=1S/C18H15ClF3N3O4S2/c19-8-3-13(30-6-8)31-18-17(28)15(16(27)12(5-26)29-18)25-4-11(23-24-25)7-1-9(20)14(22)10(21)2-7/h1-4,6,12,15-18,26-28H,5H2. The minimum Gasteiger partial charge on any atom is -0.394 e. The predicted octanol–water partition coefficient (Wildman–Crippen LogP) is 2.85. The molecule has 166 valence electrons. The van der Waals surface area contributed by atoms with E-state index in [2.05, 4.69) is 10.3 Å². The van der Waals surface area contributed by atoms with Crippen LogP contribution in [0.1, 0.15) is 6.04 Å². The van der Waals surface area contributed by atoms with E-state index in [1.54, 1.807) is 11.4 Å². The summed E-state index contributed by atoms with van der Waals surface area (Å²) in [5, 5.41) is 41.0. The van der Waals surface area contributed by atoms with Gasteiger partial charge in [-0.3, -0.25) is 0 Å². The molecule has 0 aliphatic carbocycles. The van der Waals surface area contributed by atoms with Gasteiger partial charge in [0.1, 0.15) is 35.5 Å². The van der Waals surface area contributed by atoms with Crippen LogP contribution in [0.2, 0.25) is 5.02 Å². The Bertz CT molecular complexity index is 1060. The highest BCUT2D eigenvalue weighted by molar-refractivity contribution is 8.01. The fourth-order valence-electron chi connectivity index (χ4n) is 3.21. The van der Waals surface area contributed by atoms with E-state index in [0.29, 0.717) is 5.02 Å². The molecular formula is C18H15ClF3N3O4S2. The van der Waals surface area contributed by atoms with Gasteiger partial charge in [0, 0.05) is 10.9 Å². The zero-order valence-corrected chi connectivity index (χ0v) is 17.8. The summed E-state index contributed by atoms with van der Waals surface area (Å²) in [6.45, 7) is -0.525. The van der Waals surface area contributed by atoms with Crippen LogP contribution in [-0.2, 0) is 4.74 Å². The topological polar surface area (TPSA) is 101 Å². The molecule has 2 aromatic heterocycles. The van der Waals surface area contributed by atoms with Crippen molar-refractivity contribution >= 4 is 34.7 Å². The van der Waals surface area contributed by atoms with E-state index in [1.807, 2.05) is 0 Å². The van der Waals surface area contributed by atoms with E-state index in [9.17, 15) is 28.5 Å². The fraction of sp³-hybridized carbons (Fsp3) is 0.333. The molecule has 0 saturated carbocycles. The number of aliphatic hydroxyl groups excluding tert-OH is 3. The van der Waals surface area contributed by atoms with Crippen LogP contribution >= 0.6 is 34.7 Å². The molecule has 1 saturated heterocycles. The van der Waals surface area contributed by atoms with Gasteiger partial charge in [-0.1, -0.05) is 28.6 Å². The Morgan fingerprint density at radius 2 is 1.87 bits per heavy atom. The molecule has 0 spiro atoms. The fourth-order valence-corrected chi connectivity index (χ4v) is 5.64. The Labute approximate surface area is 187 Å². The third-order valence-electron chi connectivity index (χ3n) is 4.72. The predicted molar refractivity (Wildman–Crippen MR) is 107 cm³/mol. The lowest BCUT2D eigenvalue weighted by atomic mass is 9.97. The highest BCUT2D eigenvalue weighted by Gasteiger charge is 2.46. The van der Waals surface area contributed by atoms with E-state index in [1.165, 1.54) is 17.5 Å². The molecule has 3 N–H and O–H groups in total. The minimum absolute atomic E-state index is 0.00141. The molecule has 4 rings (SSSR count). The smallest absolute Gasteiger partial charge is 0.194 e. The van der Waals surface area contributed by atoms with Crippen LogP contribution in [0.3, 0.4) is 0 Å². The number of aliphatic hydroxyl groups is 3. The summed E-state index contributed by atoms with van der Waals surface area (Å²) >= 11 is 8.42. The Kier molecular flexibility index (Phi) is 6.58. The second-order valence-electron chi connectivity index (χ2n) is 6.74. The maximum absolute atomic E-state index is 13.6. The molecule has 3 heterocycles. The van der Waals surface area contributed by atoms with Gasteiger partial charge in [0.15, 0.2) is 17.5 Å². The summed E-state index contributed by atoms with van der Waals surface area (Å²) in [6, 6.07) is 2.13. The van der Waals surface area contributed by atoms with Crippen LogP contribution in [0.15, 0.2) is 34.0 Å². The first-order valence-electron chi connectivity index (χ1n) is 8.88. The number of benzene rings is 1. The van der Waals surface area contributed by atoms with Crippen molar-refractivity contribution in [1.29, 1.82) is 0 Å². The highest BCUT2D eigenvalue weighted by Crippen LogP contribution is 2.40. The molecule has 31 heavy (non-hydrogen) atoms. The Morgan fingerprint density at radius 3 is 2.48 bits per heavy atom. The Balaban J connectivity index is 1.63. The normalized spacial score (nSPS) is 26.4. The number of hydrogen-bond acceptors (Lipinski definition) is 8. The quantitative estimate of drug-likeness (QED) is 0.470. The zero-order chi connectivity index (χ0) is 22.3. The number of ether oxygens (including phenoxy) is 1. The number of thiophene rings is 1. The van der Waals surface area contributed by atoms with Crippen molar-refractivity contribution in [2.45, 2.75) is 34.0 Å². The molecule has 5 unspecified atom stereocenters. The average molecular weight is 494 g/mol. The van der Waals surface area contributed by atoms with Crippen molar-refractivity contribution < 1.29 is 33.2 Å². The SMILES string of the molecule is OCC1OC(Sc2cc(Cl)cs2)C(O)C(n2cc(-c3cc(F)c(F)c(F)c3)nn2)C1O. The van der Waals surface area contributed by atoms with Crippen molar-refractivity contribution in [1.82, 2.24) is 15.0 Å². The van der Waals surface area contributed by atoms with E-state index >= 15 is 0 Å². The molecule has 13 heteroatoms. The monoisotopic (exact) mass is 493 g/mol. The highest BCUT2D eigenvalue weighted by atomic mass is 35.5. The second-order valence-corrected chi connectivity index (χ2v) is 9.48. The van der Waals surface area contributed by atoms with Gasteiger partial charge in [-0.25, -0.2) is 17.9 Å². The van der Waals surface area contributed by atoms with Crippen LogP contribution in [0.25, 0.3) is 11.3 Å². The van der Waals surface area contributed by atoms with Crippen LogP contribution < -0.4 is 0 Å². The molecule has 0 amide bonds. The Morgan fingerprint density at radius 1 is 1.16 bits per heavy atom. The van der Waals surface area contributed by atoms with Crippen LogP contribution in [0.5, 0.6) is 0 Å². The van der Waals surface area contributed by atoms with Gasteiger partial charge in [-0.05, 0) is 18.2 Å². The molecule has 5 atom stereocenters. The zero-order valence-electron chi connectivity index (χ0n) is 15.4.